The summed E-state index contributed by atoms with van der Waals surface area (Å²) < 4.78 is 9.81. The average Bonchev–Trinajstić information content (AvgIpc) is 2.47. The molecule has 110 valence electrons. The SMILES string of the molecule is COCCCC(=O)c1cccc(C(=O)CCCOC)n1. The number of carbonyl (C=O) groups is 2. The molecule has 0 spiro atoms. The van der Waals surface area contributed by atoms with Gasteiger partial charge in [0.05, 0.1) is 0 Å². The number of pyridine rings is 1. The van der Waals surface area contributed by atoms with E-state index in [1.54, 1.807) is 32.4 Å². The van der Waals surface area contributed by atoms with Gasteiger partial charge >= 0.3 is 0 Å². The van der Waals surface area contributed by atoms with Crippen molar-refractivity contribution < 1.29 is 19.1 Å². The van der Waals surface area contributed by atoms with Crippen LogP contribution in [0.25, 0.3) is 0 Å². The first-order valence-corrected chi connectivity index (χ1v) is 6.70. The Morgan fingerprint density at radius 3 is 1.80 bits per heavy atom. The molecular formula is C15H21NO4. The quantitative estimate of drug-likeness (QED) is 0.485. The Morgan fingerprint density at radius 2 is 1.40 bits per heavy atom. The lowest BCUT2D eigenvalue weighted by Gasteiger charge is -2.04. The van der Waals surface area contributed by atoms with Crippen molar-refractivity contribution in [3.8, 4) is 0 Å². The summed E-state index contributed by atoms with van der Waals surface area (Å²) in [4.78, 5) is 28.0. The molecule has 5 heteroatoms. The Morgan fingerprint density at radius 1 is 0.950 bits per heavy atom. The monoisotopic (exact) mass is 279 g/mol. The molecule has 0 amide bonds. The Balaban J connectivity index is 2.60. The number of methoxy groups -OCH3 is 2. The van der Waals surface area contributed by atoms with E-state index in [1.807, 2.05) is 0 Å². The number of Topliss-reactive ketones (excluding diaryl/α,β-unsaturated/α-hetero) is 2. The molecule has 1 aromatic rings. The van der Waals surface area contributed by atoms with Crippen LogP contribution in [0.2, 0.25) is 0 Å². The highest BCUT2D eigenvalue weighted by Gasteiger charge is 2.12. The summed E-state index contributed by atoms with van der Waals surface area (Å²) in [5, 5.41) is 0. The molecule has 0 bridgehead atoms. The zero-order valence-electron chi connectivity index (χ0n) is 12.1. The standard InChI is InChI=1S/C15H21NO4/c1-19-10-4-8-14(17)12-6-3-7-13(16-12)15(18)9-5-11-20-2/h3,6-7H,4-5,8-11H2,1-2H3. The number of hydrogen-bond acceptors (Lipinski definition) is 5. The summed E-state index contributed by atoms with van der Waals surface area (Å²) in [7, 11) is 3.20. The molecule has 0 N–H and O–H groups in total. The Kier molecular flexibility index (Phi) is 7.69. The Labute approximate surface area is 119 Å². The van der Waals surface area contributed by atoms with Crippen LogP contribution in [-0.4, -0.2) is 44.0 Å². The number of carbonyl (C=O) groups excluding carboxylic acids is 2. The summed E-state index contributed by atoms with van der Waals surface area (Å²) in [6, 6.07) is 4.97. The van der Waals surface area contributed by atoms with Gasteiger partial charge < -0.3 is 9.47 Å². The molecule has 0 fully saturated rings. The van der Waals surface area contributed by atoms with Gasteiger partial charge in [-0.3, -0.25) is 9.59 Å². The maximum Gasteiger partial charge on any atom is 0.181 e. The zero-order valence-corrected chi connectivity index (χ0v) is 12.1. The van der Waals surface area contributed by atoms with E-state index in [-0.39, 0.29) is 11.6 Å². The largest absolute Gasteiger partial charge is 0.385 e. The number of ether oxygens (including phenoxy) is 2. The smallest absolute Gasteiger partial charge is 0.181 e. The van der Waals surface area contributed by atoms with Gasteiger partial charge in [-0.1, -0.05) is 6.07 Å². The van der Waals surface area contributed by atoms with E-state index in [2.05, 4.69) is 4.98 Å². The van der Waals surface area contributed by atoms with Crippen LogP contribution < -0.4 is 0 Å². The lowest BCUT2D eigenvalue weighted by Crippen LogP contribution is -2.09. The fourth-order valence-electron chi connectivity index (χ4n) is 1.76. The minimum Gasteiger partial charge on any atom is -0.385 e. The van der Waals surface area contributed by atoms with Crippen LogP contribution in [0.3, 0.4) is 0 Å². The van der Waals surface area contributed by atoms with Gasteiger partial charge in [0.15, 0.2) is 11.6 Å². The van der Waals surface area contributed by atoms with Crippen molar-refractivity contribution in [2.45, 2.75) is 25.7 Å². The van der Waals surface area contributed by atoms with Crippen LogP contribution in [-0.2, 0) is 9.47 Å². The molecule has 5 nitrogen and oxygen atoms in total. The molecule has 0 aliphatic rings. The number of aromatic nitrogens is 1. The van der Waals surface area contributed by atoms with Crippen molar-refractivity contribution in [1.82, 2.24) is 4.98 Å². The van der Waals surface area contributed by atoms with Crippen LogP contribution in [0.15, 0.2) is 18.2 Å². The fraction of sp³-hybridized carbons (Fsp3) is 0.533. The first kappa shape index (κ1) is 16.5. The Bertz CT molecular complexity index is 408. The summed E-state index contributed by atoms with van der Waals surface area (Å²) in [6.07, 6.45) is 2.07. The molecule has 0 aliphatic heterocycles. The highest BCUT2D eigenvalue weighted by Crippen LogP contribution is 2.08. The van der Waals surface area contributed by atoms with Crippen molar-refractivity contribution in [3.05, 3.63) is 29.6 Å². The molecule has 20 heavy (non-hydrogen) atoms. The topological polar surface area (TPSA) is 65.5 Å². The van der Waals surface area contributed by atoms with Crippen molar-refractivity contribution in [3.63, 3.8) is 0 Å². The number of hydrogen-bond donors (Lipinski definition) is 0. The molecule has 0 saturated carbocycles. The van der Waals surface area contributed by atoms with Crippen LogP contribution in [0, 0.1) is 0 Å². The van der Waals surface area contributed by atoms with Crippen molar-refractivity contribution in [2.24, 2.45) is 0 Å². The molecule has 0 aliphatic carbocycles. The molecule has 1 rings (SSSR count). The van der Waals surface area contributed by atoms with E-state index in [1.165, 1.54) is 0 Å². The van der Waals surface area contributed by atoms with Gasteiger partial charge in [-0.05, 0) is 25.0 Å². The highest BCUT2D eigenvalue weighted by atomic mass is 16.5. The average molecular weight is 279 g/mol. The molecule has 1 heterocycles. The molecule has 0 aromatic carbocycles. The molecular weight excluding hydrogens is 258 g/mol. The molecule has 0 unspecified atom stereocenters. The van der Waals surface area contributed by atoms with Gasteiger partial charge in [-0.15, -0.1) is 0 Å². The van der Waals surface area contributed by atoms with Crippen molar-refractivity contribution in [1.29, 1.82) is 0 Å². The van der Waals surface area contributed by atoms with Crippen LogP contribution >= 0.6 is 0 Å². The van der Waals surface area contributed by atoms with Crippen molar-refractivity contribution in [2.75, 3.05) is 27.4 Å². The molecule has 0 radical (unpaired) electrons. The van der Waals surface area contributed by atoms with Crippen LogP contribution in [0.4, 0.5) is 0 Å². The van der Waals surface area contributed by atoms with Gasteiger partial charge in [-0.25, -0.2) is 4.98 Å². The summed E-state index contributed by atoms with van der Waals surface area (Å²) in [6.45, 7) is 1.09. The Hall–Kier alpha value is -1.59. The van der Waals surface area contributed by atoms with E-state index in [4.69, 9.17) is 9.47 Å². The summed E-state index contributed by atoms with van der Waals surface area (Å²) >= 11 is 0. The van der Waals surface area contributed by atoms with Crippen LogP contribution in [0.5, 0.6) is 0 Å². The second-order valence-corrected chi connectivity index (χ2v) is 4.45. The third-order valence-electron chi connectivity index (χ3n) is 2.83. The number of nitrogens with zero attached hydrogens (tertiary/aromatic N) is 1. The van der Waals surface area contributed by atoms with Gasteiger partial charge in [0, 0.05) is 40.3 Å². The maximum absolute atomic E-state index is 11.9. The van der Waals surface area contributed by atoms with Crippen molar-refractivity contribution >= 4 is 11.6 Å². The normalized spacial score (nSPS) is 10.5. The highest BCUT2D eigenvalue weighted by molar-refractivity contribution is 5.98. The first-order valence-electron chi connectivity index (χ1n) is 6.70. The van der Waals surface area contributed by atoms with E-state index in [0.717, 1.165) is 0 Å². The van der Waals surface area contributed by atoms with Gasteiger partial charge in [0.25, 0.3) is 0 Å². The van der Waals surface area contributed by atoms with E-state index < -0.39 is 0 Å². The fourth-order valence-corrected chi connectivity index (χ4v) is 1.76. The predicted octanol–water partition coefficient (Wildman–Crippen LogP) is 2.30. The van der Waals surface area contributed by atoms with Gasteiger partial charge in [0.1, 0.15) is 11.4 Å². The third-order valence-corrected chi connectivity index (χ3v) is 2.83. The van der Waals surface area contributed by atoms with E-state index in [0.29, 0.717) is 50.3 Å². The third kappa shape index (κ3) is 5.59. The minimum absolute atomic E-state index is 0.0615. The van der Waals surface area contributed by atoms with Crippen LogP contribution in [0.1, 0.15) is 46.7 Å². The molecule has 0 atom stereocenters. The summed E-state index contributed by atoms with van der Waals surface area (Å²) in [5.41, 5.74) is 0.692. The number of ketones is 2. The van der Waals surface area contributed by atoms with E-state index in [9.17, 15) is 9.59 Å². The molecule has 1 aromatic heterocycles. The predicted molar refractivity (Wildman–Crippen MR) is 75.1 cm³/mol. The lowest BCUT2D eigenvalue weighted by atomic mass is 10.1. The lowest BCUT2D eigenvalue weighted by molar-refractivity contribution is 0.0954. The van der Waals surface area contributed by atoms with Gasteiger partial charge in [-0.2, -0.15) is 0 Å². The second kappa shape index (κ2) is 9.34. The first-order chi connectivity index (χ1) is 9.69. The minimum atomic E-state index is -0.0615. The zero-order chi connectivity index (χ0) is 14.8. The maximum atomic E-state index is 11.9. The number of rotatable bonds is 10. The van der Waals surface area contributed by atoms with E-state index >= 15 is 0 Å². The summed E-state index contributed by atoms with van der Waals surface area (Å²) in [5.74, 6) is -0.123. The molecule has 0 saturated heterocycles. The second-order valence-electron chi connectivity index (χ2n) is 4.45. The van der Waals surface area contributed by atoms with Gasteiger partial charge in [0.2, 0.25) is 0 Å².